The van der Waals surface area contributed by atoms with Crippen molar-refractivity contribution in [2.75, 3.05) is 59.1 Å². The molecule has 0 aliphatic heterocycles. The topological polar surface area (TPSA) is 88.5 Å². The second-order valence-electron chi connectivity index (χ2n) is 14.9. The van der Waals surface area contributed by atoms with Crippen LogP contribution < -0.4 is 0 Å². The second kappa shape index (κ2) is 38.3. The molecule has 51 heavy (non-hydrogen) atoms. The maximum atomic E-state index is 12.5. The minimum Gasteiger partial charge on any atom is -0.465 e. The predicted octanol–water partition coefficient (Wildman–Crippen LogP) is 11.1. The maximum Gasteiger partial charge on any atom is 0.508 e. The Labute approximate surface area is 316 Å². The highest BCUT2D eigenvalue weighted by Crippen LogP contribution is 2.20. The summed E-state index contributed by atoms with van der Waals surface area (Å²) in [6.07, 6.45) is 28.1. The molecule has 0 rings (SSSR count). The zero-order valence-corrected chi connectivity index (χ0v) is 34.6. The van der Waals surface area contributed by atoms with Crippen LogP contribution in [0.15, 0.2) is 0 Å². The lowest BCUT2D eigenvalue weighted by atomic mass is 9.95. The normalized spacial score (nSPS) is 12.8. The van der Waals surface area contributed by atoms with E-state index in [1.54, 1.807) is 0 Å². The van der Waals surface area contributed by atoms with Gasteiger partial charge in [-0.15, -0.1) is 0 Å². The Kier molecular flexibility index (Phi) is 37.3. The molecule has 0 heterocycles. The number of aliphatic hydroxyl groups is 1. The Morgan fingerprint density at radius 1 is 0.529 bits per heavy atom. The van der Waals surface area contributed by atoms with Crippen molar-refractivity contribution >= 4 is 12.1 Å². The lowest BCUT2D eigenvalue weighted by Gasteiger charge is -2.25. The van der Waals surface area contributed by atoms with E-state index in [0.717, 1.165) is 90.4 Å². The first-order valence-corrected chi connectivity index (χ1v) is 22.0. The molecule has 0 fully saturated rings. The summed E-state index contributed by atoms with van der Waals surface area (Å²) in [4.78, 5) is 29.5. The minimum absolute atomic E-state index is 0.0121. The van der Waals surface area contributed by atoms with Crippen molar-refractivity contribution in [2.45, 2.75) is 201 Å². The van der Waals surface area contributed by atoms with Crippen LogP contribution >= 0.6 is 0 Å². The van der Waals surface area contributed by atoms with E-state index < -0.39 is 6.16 Å². The maximum absolute atomic E-state index is 12.5. The summed E-state index contributed by atoms with van der Waals surface area (Å²) in [5.74, 6) is 0.516. The third kappa shape index (κ3) is 33.0. The number of unbranched alkanes of at least 4 members (excludes halogenated alkanes) is 16. The van der Waals surface area contributed by atoms with Gasteiger partial charge < -0.3 is 24.2 Å². The van der Waals surface area contributed by atoms with E-state index >= 15 is 0 Å². The highest BCUT2D eigenvalue weighted by molar-refractivity contribution is 5.69. The number of likely N-dealkylation sites (N-methyl/N-ethyl adjacent to an activating group) is 1. The molecule has 2 atom stereocenters. The molecule has 0 amide bonds. The third-order valence-electron chi connectivity index (χ3n) is 10.4. The van der Waals surface area contributed by atoms with Crippen molar-refractivity contribution in [2.24, 2.45) is 5.92 Å². The van der Waals surface area contributed by atoms with Gasteiger partial charge in [-0.25, -0.2) is 4.79 Å². The highest BCUT2D eigenvalue weighted by Gasteiger charge is 2.17. The molecule has 0 aliphatic rings. The Morgan fingerprint density at radius 3 is 1.57 bits per heavy atom. The molecule has 1 N–H and O–H groups in total. The second-order valence-corrected chi connectivity index (χ2v) is 14.9. The summed E-state index contributed by atoms with van der Waals surface area (Å²) in [5, 5.41) is 9.44. The number of ether oxygens (including phenoxy) is 3. The van der Waals surface area contributed by atoms with E-state index in [9.17, 15) is 14.7 Å². The molecular weight excluding hydrogens is 640 g/mol. The van der Waals surface area contributed by atoms with Crippen molar-refractivity contribution in [1.82, 2.24) is 9.80 Å². The van der Waals surface area contributed by atoms with E-state index in [0.29, 0.717) is 32.0 Å². The SMILES string of the molecule is CCCCCCCCC(CCCCCC)COC(=O)CCCCCCCCCC(CCCCC)OC(=O)OCCN(CCO)CCN(CC)CC. The van der Waals surface area contributed by atoms with E-state index in [-0.39, 0.29) is 25.3 Å². The van der Waals surface area contributed by atoms with Gasteiger partial charge in [-0.05, 0) is 64.0 Å². The summed E-state index contributed by atoms with van der Waals surface area (Å²) < 4.78 is 17.0. The average molecular weight is 727 g/mol. The zero-order valence-electron chi connectivity index (χ0n) is 34.6. The van der Waals surface area contributed by atoms with Gasteiger partial charge in [0.05, 0.1) is 13.2 Å². The van der Waals surface area contributed by atoms with Gasteiger partial charge in [0.2, 0.25) is 0 Å². The summed E-state index contributed by atoms with van der Waals surface area (Å²) >= 11 is 0. The van der Waals surface area contributed by atoms with E-state index in [4.69, 9.17) is 14.2 Å². The Balaban J connectivity index is 4.25. The Morgan fingerprint density at radius 2 is 1.00 bits per heavy atom. The van der Waals surface area contributed by atoms with Gasteiger partial charge in [0.1, 0.15) is 12.7 Å². The van der Waals surface area contributed by atoms with Crippen LogP contribution in [0, 0.1) is 5.92 Å². The van der Waals surface area contributed by atoms with Crippen molar-refractivity contribution in [3.63, 3.8) is 0 Å². The van der Waals surface area contributed by atoms with Gasteiger partial charge in [0.25, 0.3) is 0 Å². The predicted molar refractivity (Wildman–Crippen MR) is 214 cm³/mol. The summed E-state index contributed by atoms with van der Waals surface area (Å²) in [7, 11) is 0. The van der Waals surface area contributed by atoms with Gasteiger partial charge in [-0.1, -0.05) is 144 Å². The molecule has 0 radical (unpaired) electrons. The van der Waals surface area contributed by atoms with Crippen LogP contribution in [0.4, 0.5) is 4.79 Å². The van der Waals surface area contributed by atoms with Crippen LogP contribution in [0.1, 0.15) is 195 Å². The molecular formula is C43H86N2O6. The fourth-order valence-corrected chi connectivity index (χ4v) is 6.80. The van der Waals surface area contributed by atoms with Gasteiger partial charge in [0, 0.05) is 32.6 Å². The Hall–Kier alpha value is -1.38. The van der Waals surface area contributed by atoms with Crippen molar-refractivity contribution in [3.05, 3.63) is 0 Å². The lowest BCUT2D eigenvalue weighted by molar-refractivity contribution is -0.145. The lowest BCUT2D eigenvalue weighted by Crippen LogP contribution is -2.38. The fourth-order valence-electron chi connectivity index (χ4n) is 6.80. The zero-order chi connectivity index (χ0) is 37.6. The van der Waals surface area contributed by atoms with Crippen LogP contribution in [-0.4, -0.2) is 92.2 Å². The number of hydrogen-bond donors (Lipinski definition) is 1. The number of esters is 1. The van der Waals surface area contributed by atoms with Gasteiger partial charge in [-0.3, -0.25) is 9.69 Å². The van der Waals surface area contributed by atoms with Crippen molar-refractivity contribution < 1.29 is 28.9 Å². The fraction of sp³-hybridized carbons (Fsp3) is 0.953. The first-order valence-electron chi connectivity index (χ1n) is 22.0. The van der Waals surface area contributed by atoms with E-state index in [1.807, 2.05) is 0 Å². The molecule has 0 bridgehead atoms. The number of hydrogen-bond acceptors (Lipinski definition) is 8. The van der Waals surface area contributed by atoms with Crippen molar-refractivity contribution in [1.29, 1.82) is 0 Å². The van der Waals surface area contributed by atoms with Crippen LogP contribution in [0.25, 0.3) is 0 Å². The van der Waals surface area contributed by atoms with Crippen LogP contribution in [-0.2, 0) is 19.0 Å². The molecule has 0 saturated carbocycles. The van der Waals surface area contributed by atoms with E-state index in [2.05, 4.69) is 44.4 Å². The quantitative estimate of drug-likeness (QED) is 0.0495. The monoisotopic (exact) mass is 727 g/mol. The molecule has 0 spiro atoms. The number of carbonyl (C=O) groups is 2. The molecule has 8 nitrogen and oxygen atoms in total. The highest BCUT2D eigenvalue weighted by atomic mass is 16.7. The summed E-state index contributed by atoms with van der Waals surface area (Å²) in [5.41, 5.74) is 0. The Bertz CT molecular complexity index is 750. The molecule has 0 saturated heterocycles. The van der Waals surface area contributed by atoms with Crippen LogP contribution in [0.2, 0.25) is 0 Å². The molecule has 0 aromatic rings. The number of aliphatic hydroxyl groups excluding tert-OH is 1. The molecule has 8 heteroatoms. The first-order chi connectivity index (χ1) is 24.9. The largest absolute Gasteiger partial charge is 0.508 e. The van der Waals surface area contributed by atoms with Gasteiger partial charge in [-0.2, -0.15) is 0 Å². The van der Waals surface area contributed by atoms with Gasteiger partial charge in [0.15, 0.2) is 0 Å². The standard InChI is InChI=1S/C43H86N2O6/c1-6-11-14-16-20-25-29-40(28-24-15-12-7-2)39-50-42(47)32-27-22-19-17-18-21-26-31-41(30-23-13-8-3)51-43(48)49-38-36-45(35-37-46)34-33-44(9-4)10-5/h40-41,46H,6-39H2,1-5H3. The first kappa shape index (κ1) is 49.6. The number of rotatable bonds is 39. The average Bonchev–Trinajstić information content (AvgIpc) is 3.12. The molecule has 0 aromatic heterocycles. The third-order valence-corrected chi connectivity index (χ3v) is 10.4. The molecule has 2 unspecified atom stereocenters. The number of nitrogens with zero attached hydrogens (tertiary/aromatic N) is 2. The van der Waals surface area contributed by atoms with Gasteiger partial charge >= 0.3 is 12.1 Å². The van der Waals surface area contributed by atoms with Crippen molar-refractivity contribution in [3.8, 4) is 0 Å². The van der Waals surface area contributed by atoms with E-state index in [1.165, 1.54) is 89.9 Å². The molecule has 0 aliphatic carbocycles. The van der Waals surface area contributed by atoms with Crippen LogP contribution in [0.5, 0.6) is 0 Å². The number of carbonyl (C=O) groups excluding carboxylic acids is 2. The summed E-state index contributed by atoms with van der Waals surface area (Å²) in [6.45, 7) is 16.9. The molecule has 0 aromatic carbocycles. The van der Waals surface area contributed by atoms with Crippen LogP contribution in [0.3, 0.4) is 0 Å². The summed E-state index contributed by atoms with van der Waals surface area (Å²) in [6, 6.07) is 0. The smallest absolute Gasteiger partial charge is 0.465 e. The minimum atomic E-state index is -0.567. The molecule has 304 valence electrons.